The Hall–Kier alpha value is -3.13. The number of benzene rings is 3. The van der Waals surface area contributed by atoms with E-state index < -0.39 is 0 Å². The Morgan fingerprint density at radius 2 is 1.79 bits per heavy atom. The van der Waals surface area contributed by atoms with Crippen LogP contribution in [0.1, 0.15) is 11.1 Å². The van der Waals surface area contributed by atoms with Crippen molar-refractivity contribution < 1.29 is 14.3 Å². The number of carbonyl (C=O) groups excluding carboxylic acids is 2. The average Bonchev–Trinajstić information content (AvgIpc) is 3.08. The zero-order chi connectivity index (χ0) is 23.4. The normalized spacial score (nSPS) is 14.6. The topological polar surface area (TPSA) is 58.6 Å². The van der Waals surface area contributed by atoms with E-state index in [2.05, 4.69) is 5.32 Å². The molecule has 1 aliphatic rings. The van der Waals surface area contributed by atoms with Crippen LogP contribution in [0, 0.1) is 6.92 Å². The van der Waals surface area contributed by atoms with E-state index in [9.17, 15) is 9.59 Å². The number of thioether (sulfide) groups is 1. The third-order valence-corrected chi connectivity index (χ3v) is 6.33. The van der Waals surface area contributed by atoms with Crippen molar-refractivity contribution in [2.45, 2.75) is 6.92 Å². The summed E-state index contributed by atoms with van der Waals surface area (Å²) in [4.78, 5) is 27.3. The summed E-state index contributed by atoms with van der Waals surface area (Å²) in [5.74, 6) is -0.00804. The molecule has 0 aliphatic carbocycles. The number of nitrogens with one attached hydrogen (secondary N) is 1. The standard InChI is InChI=1S/C25H19ClN2O3S2/c1-16-6-12-20(13-7-16)28-24(30)22(33-25(28)32)14-17-4-2-3-5-21(17)31-15-23(29)27-19-10-8-18(26)9-11-19/h2-14H,15H2,1H3,(H,27,29)/b22-14-. The van der Waals surface area contributed by atoms with Crippen molar-refractivity contribution in [3.63, 3.8) is 0 Å². The number of hydrogen-bond acceptors (Lipinski definition) is 5. The van der Waals surface area contributed by atoms with Gasteiger partial charge in [0.25, 0.3) is 11.8 Å². The van der Waals surface area contributed by atoms with E-state index in [4.69, 9.17) is 28.6 Å². The minimum absolute atomic E-state index is 0.183. The second-order valence-electron chi connectivity index (χ2n) is 7.23. The number of thiocarbonyl (C=S) groups is 1. The van der Waals surface area contributed by atoms with Crippen molar-refractivity contribution in [2.75, 3.05) is 16.8 Å². The average molecular weight is 495 g/mol. The van der Waals surface area contributed by atoms with E-state index in [1.165, 1.54) is 16.7 Å². The lowest BCUT2D eigenvalue weighted by Crippen LogP contribution is -2.27. The first-order valence-corrected chi connectivity index (χ1v) is 11.6. The number of carbonyl (C=O) groups is 2. The summed E-state index contributed by atoms with van der Waals surface area (Å²) >= 11 is 12.6. The molecule has 0 saturated carbocycles. The van der Waals surface area contributed by atoms with Crippen LogP contribution in [-0.4, -0.2) is 22.7 Å². The van der Waals surface area contributed by atoms with Crippen LogP contribution in [0.4, 0.5) is 11.4 Å². The van der Waals surface area contributed by atoms with Crippen LogP contribution in [0.25, 0.3) is 6.08 Å². The molecule has 0 spiro atoms. The van der Waals surface area contributed by atoms with Crippen molar-refractivity contribution in [1.29, 1.82) is 0 Å². The number of hydrogen-bond donors (Lipinski definition) is 1. The lowest BCUT2D eigenvalue weighted by Gasteiger charge is -2.14. The summed E-state index contributed by atoms with van der Waals surface area (Å²) < 4.78 is 6.21. The molecule has 0 bridgehead atoms. The van der Waals surface area contributed by atoms with Crippen LogP contribution in [0.3, 0.4) is 0 Å². The summed E-state index contributed by atoms with van der Waals surface area (Å²) in [7, 11) is 0. The molecule has 1 aliphatic heterocycles. The summed E-state index contributed by atoms with van der Waals surface area (Å²) in [5.41, 5.74) is 3.14. The Morgan fingerprint density at radius 3 is 2.52 bits per heavy atom. The molecule has 1 heterocycles. The molecular weight excluding hydrogens is 476 g/mol. The number of anilines is 2. The maximum absolute atomic E-state index is 13.0. The Morgan fingerprint density at radius 1 is 1.09 bits per heavy atom. The summed E-state index contributed by atoms with van der Waals surface area (Å²) in [6.45, 7) is 1.80. The number of ether oxygens (including phenoxy) is 1. The quantitative estimate of drug-likeness (QED) is 0.333. The van der Waals surface area contributed by atoms with Gasteiger partial charge in [-0.2, -0.15) is 0 Å². The SMILES string of the molecule is Cc1ccc(N2C(=O)/C(=C/c3ccccc3OCC(=O)Nc3ccc(Cl)cc3)SC2=S)cc1. The third-order valence-electron chi connectivity index (χ3n) is 4.78. The minimum atomic E-state index is -0.308. The molecule has 2 amide bonds. The second kappa shape index (κ2) is 10.2. The number of halogens is 1. The fourth-order valence-corrected chi connectivity index (χ4v) is 4.55. The molecule has 8 heteroatoms. The van der Waals surface area contributed by atoms with E-state index in [1.807, 2.05) is 43.3 Å². The van der Waals surface area contributed by atoms with Crippen LogP contribution in [-0.2, 0) is 9.59 Å². The van der Waals surface area contributed by atoms with Gasteiger partial charge < -0.3 is 10.1 Å². The van der Waals surface area contributed by atoms with E-state index in [-0.39, 0.29) is 18.4 Å². The van der Waals surface area contributed by atoms with Gasteiger partial charge in [0.05, 0.1) is 10.6 Å². The van der Waals surface area contributed by atoms with Gasteiger partial charge in [0, 0.05) is 16.3 Å². The van der Waals surface area contributed by atoms with Gasteiger partial charge in [0.2, 0.25) is 0 Å². The fourth-order valence-electron chi connectivity index (χ4n) is 3.13. The van der Waals surface area contributed by atoms with Crippen molar-refractivity contribution in [2.24, 2.45) is 0 Å². The molecule has 166 valence electrons. The van der Waals surface area contributed by atoms with Gasteiger partial charge >= 0.3 is 0 Å². The molecule has 5 nitrogen and oxygen atoms in total. The van der Waals surface area contributed by atoms with Crippen LogP contribution in [0.2, 0.25) is 5.02 Å². The van der Waals surface area contributed by atoms with Gasteiger partial charge in [-0.3, -0.25) is 14.5 Å². The zero-order valence-corrected chi connectivity index (χ0v) is 20.0. The highest BCUT2D eigenvalue weighted by atomic mass is 35.5. The first-order chi connectivity index (χ1) is 15.9. The Labute approximate surface area is 206 Å². The Bertz CT molecular complexity index is 1240. The van der Waals surface area contributed by atoms with Crippen LogP contribution in [0.15, 0.2) is 77.7 Å². The van der Waals surface area contributed by atoms with Crippen molar-refractivity contribution >= 4 is 69.2 Å². The van der Waals surface area contributed by atoms with Gasteiger partial charge in [-0.05, 0) is 55.5 Å². The first kappa shape index (κ1) is 23.0. The van der Waals surface area contributed by atoms with Gasteiger partial charge in [-0.15, -0.1) is 0 Å². The minimum Gasteiger partial charge on any atom is -0.483 e. The highest BCUT2D eigenvalue weighted by Gasteiger charge is 2.33. The monoisotopic (exact) mass is 494 g/mol. The van der Waals surface area contributed by atoms with Crippen molar-refractivity contribution in [3.8, 4) is 5.75 Å². The maximum atomic E-state index is 13.0. The molecule has 1 saturated heterocycles. The van der Waals surface area contributed by atoms with Gasteiger partial charge in [-0.25, -0.2) is 0 Å². The predicted molar refractivity (Wildman–Crippen MR) is 139 cm³/mol. The van der Waals surface area contributed by atoms with E-state index in [0.717, 1.165) is 11.3 Å². The van der Waals surface area contributed by atoms with E-state index >= 15 is 0 Å². The highest BCUT2D eigenvalue weighted by molar-refractivity contribution is 8.27. The Balaban J connectivity index is 1.47. The molecule has 1 fully saturated rings. The molecule has 4 rings (SSSR count). The molecule has 33 heavy (non-hydrogen) atoms. The highest BCUT2D eigenvalue weighted by Crippen LogP contribution is 2.37. The van der Waals surface area contributed by atoms with Crippen molar-refractivity contribution in [1.82, 2.24) is 0 Å². The van der Waals surface area contributed by atoms with Gasteiger partial charge in [-0.1, -0.05) is 71.5 Å². The van der Waals surface area contributed by atoms with Crippen LogP contribution in [0.5, 0.6) is 5.75 Å². The van der Waals surface area contributed by atoms with Gasteiger partial charge in [0.15, 0.2) is 10.9 Å². The summed E-state index contributed by atoms with van der Waals surface area (Å²) in [5, 5.41) is 3.34. The smallest absolute Gasteiger partial charge is 0.270 e. The number of rotatable bonds is 6. The fraction of sp³-hybridized carbons (Fsp3) is 0.0800. The lowest BCUT2D eigenvalue weighted by atomic mass is 10.1. The number of para-hydroxylation sites is 1. The summed E-state index contributed by atoms with van der Waals surface area (Å²) in [6.07, 6.45) is 1.74. The predicted octanol–water partition coefficient (Wildman–Crippen LogP) is 6.07. The Kier molecular flexibility index (Phi) is 7.13. The molecule has 0 unspecified atom stereocenters. The third kappa shape index (κ3) is 5.63. The van der Waals surface area contributed by atoms with E-state index in [0.29, 0.717) is 31.2 Å². The molecule has 0 radical (unpaired) electrons. The van der Waals surface area contributed by atoms with Crippen LogP contribution >= 0.6 is 35.6 Å². The molecule has 1 N–H and O–H groups in total. The van der Waals surface area contributed by atoms with Crippen molar-refractivity contribution in [3.05, 3.63) is 93.9 Å². The second-order valence-corrected chi connectivity index (χ2v) is 9.35. The largest absolute Gasteiger partial charge is 0.483 e. The zero-order valence-electron chi connectivity index (χ0n) is 17.6. The molecule has 3 aromatic carbocycles. The maximum Gasteiger partial charge on any atom is 0.270 e. The number of aryl methyl sites for hydroxylation is 1. The molecule has 0 aromatic heterocycles. The van der Waals surface area contributed by atoms with E-state index in [1.54, 1.807) is 42.5 Å². The number of amides is 2. The molecular formula is C25H19ClN2O3S2. The molecule has 3 aromatic rings. The first-order valence-electron chi connectivity index (χ1n) is 10.0. The van der Waals surface area contributed by atoms with Gasteiger partial charge in [0.1, 0.15) is 5.75 Å². The molecule has 0 atom stereocenters. The van der Waals surface area contributed by atoms with Crippen LogP contribution < -0.4 is 15.0 Å². The summed E-state index contributed by atoms with van der Waals surface area (Å²) in [6, 6.07) is 21.7. The number of nitrogens with zero attached hydrogens (tertiary/aromatic N) is 1. The lowest BCUT2D eigenvalue weighted by molar-refractivity contribution is -0.118.